The lowest BCUT2D eigenvalue weighted by atomic mass is 9.84. The van der Waals surface area contributed by atoms with Crippen molar-refractivity contribution in [1.82, 2.24) is 0 Å². The van der Waals surface area contributed by atoms with Crippen molar-refractivity contribution >= 4 is 0 Å². The molecule has 0 amide bonds. The minimum absolute atomic E-state index is 0.219. The fourth-order valence-corrected chi connectivity index (χ4v) is 1.84. The second-order valence-electron chi connectivity index (χ2n) is 5.54. The largest absolute Gasteiger partial charge is 0.0906 e. The Hall–Kier alpha value is -1.04. The molecule has 15 heavy (non-hydrogen) atoms. The molecule has 1 fully saturated rings. The van der Waals surface area contributed by atoms with E-state index in [0.29, 0.717) is 0 Å². The Kier molecular flexibility index (Phi) is 2.46. The Morgan fingerprint density at radius 2 is 1.87 bits per heavy atom. The molecule has 0 aromatic heterocycles. The summed E-state index contributed by atoms with van der Waals surface area (Å²) in [6.45, 7) is 10.5. The van der Waals surface area contributed by atoms with Gasteiger partial charge < -0.3 is 0 Å². The van der Waals surface area contributed by atoms with Crippen LogP contribution in [0.5, 0.6) is 0 Å². The van der Waals surface area contributed by atoms with Crippen LogP contribution < -0.4 is 0 Å². The Bertz CT molecular complexity index is 376. The van der Waals surface area contributed by atoms with E-state index in [0.717, 1.165) is 11.5 Å². The summed E-state index contributed by atoms with van der Waals surface area (Å²) in [4.78, 5) is 0. The van der Waals surface area contributed by atoms with Crippen LogP contribution in [-0.2, 0) is 5.41 Å². The fraction of sp³-hybridized carbons (Fsp3) is 0.467. The molecule has 2 rings (SSSR count). The first kappa shape index (κ1) is 10.5. The molecule has 0 heteroatoms. The standard InChI is InChI=1S/C15H19/c1-5-11-8-13(12-6-7-12)10-14(9-11)15(2,3)4/h8-10,12H,1,6-7H2,2-4H3. The molecule has 0 spiro atoms. The molecule has 1 saturated carbocycles. The van der Waals surface area contributed by atoms with Crippen molar-refractivity contribution < 1.29 is 0 Å². The van der Waals surface area contributed by atoms with Gasteiger partial charge in [-0.05, 0) is 46.9 Å². The van der Waals surface area contributed by atoms with Crippen LogP contribution in [0.3, 0.4) is 0 Å². The molecule has 0 bridgehead atoms. The molecule has 1 aromatic rings. The average Bonchev–Trinajstić information content (AvgIpc) is 2.99. The molecule has 0 saturated heterocycles. The summed E-state index contributed by atoms with van der Waals surface area (Å²) in [5.41, 5.74) is 4.24. The zero-order valence-corrected chi connectivity index (χ0v) is 9.93. The zero-order chi connectivity index (χ0) is 11.1. The molecule has 0 nitrogen and oxygen atoms in total. The molecular weight excluding hydrogens is 180 g/mol. The molecule has 79 valence electrons. The highest BCUT2D eigenvalue weighted by Crippen LogP contribution is 2.41. The highest BCUT2D eigenvalue weighted by atomic mass is 14.3. The maximum absolute atomic E-state index is 3.75. The van der Waals surface area contributed by atoms with Gasteiger partial charge in [-0.1, -0.05) is 45.5 Å². The van der Waals surface area contributed by atoms with Crippen molar-refractivity contribution in [2.24, 2.45) is 0 Å². The van der Waals surface area contributed by atoms with Crippen molar-refractivity contribution in [1.29, 1.82) is 0 Å². The predicted octanol–water partition coefficient (Wildman–Crippen LogP) is 4.20. The quantitative estimate of drug-likeness (QED) is 0.669. The molecule has 0 N–H and O–H groups in total. The Balaban J connectivity index is 2.45. The molecule has 0 heterocycles. The molecule has 0 aliphatic heterocycles. The average molecular weight is 199 g/mol. The SMILES string of the molecule is C=[C]c1cc(C2CC2)cc(C(C)(C)C)c1. The van der Waals surface area contributed by atoms with Crippen LogP contribution in [-0.4, -0.2) is 0 Å². The first-order valence-corrected chi connectivity index (χ1v) is 5.69. The minimum Gasteiger partial charge on any atom is -0.0906 e. The van der Waals surface area contributed by atoms with Gasteiger partial charge in [0.2, 0.25) is 0 Å². The lowest BCUT2D eigenvalue weighted by molar-refractivity contribution is 0.589. The summed E-state index contributed by atoms with van der Waals surface area (Å²) in [5, 5.41) is 0. The molecule has 1 aliphatic carbocycles. The number of rotatable bonds is 2. The molecule has 1 aromatic carbocycles. The molecular formula is C15H19. The molecule has 0 atom stereocenters. The topological polar surface area (TPSA) is 0 Å². The van der Waals surface area contributed by atoms with Gasteiger partial charge in [-0.25, -0.2) is 0 Å². The lowest BCUT2D eigenvalue weighted by Gasteiger charge is -2.20. The van der Waals surface area contributed by atoms with Crippen LogP contribution in [0, 0.1) is 6.08 Å². The Morgan fingerprint density at radius 3 is 2.33 bits per heavy atom. The molecule has 0 unspecified atom stereocenters. The second kappa shape index (κ2) is 3.52. The van der Waals surface area contributed by atoms with Gasteiger partial charge in [-0.15, -0.1) is 0 Å². The Labute approximate surface area is 93.0 Å². The van der Waals surface area contributed by atoms with Gasteiger partial charge in [0, 0.05) is 0 Å². The summed E-state index contributed by atoms with van der Waals surface area (Å²) < 4.78 is 0. The maximum atomic E-state index is 3.75. The third-order valence-electron chi connectivity index (χ3n) is 3.07. The van der Waals surface area contributed by atoms with Gasteiger partial charge in [0.1, 0.15) is 0 Å². The van der Waals surface area contributed by atoms with Crippen molar-refractivity contribution in [2.45, 2.75) is 44.9 Å². The van der Waals surface area contributed by atoms with E-state index in [4.69, 9.17) is 0 Å². The summed E-state index contributed by atoms with van der Waals surface area (Å²) in [6.07, 6.45) is 5.72. The van der Waals surface area contributed by atoms with E-state index in [-0.39, 0.29) is 5.41 Å². The predicted molar refractivity (Wildman–Crippen MR) is 65.1 cm³/mol. The van der Waals surface area contributed by atoms with Crippen LogP contribution >= 0.6 is 0 Å². The van der Waals surface area contributed by atoms with Crippen molar-refractivity contribution in [3.05, 3.63) is 47.5 Å². The monoisotopic (exact) mass is 199 g/mol. The van der Waals surface area contributed by atoms with E-state index >= 15 is 0 Å². The van der Waals surface area contributed by atoms with E-state index in [1.165, 1.54) is 24.0 Å². The van der Waals surface area contributed by atoms with E-state index in [1.807, 2.05) is 0 Å². The van der Waals surface area contributed by atoms with Gasteiger partial charge in [0.15, 0.2) is 0 Å². The lowest BCUT2D eigenvalue weighted by Crippen LogP contribution is -2.11. The first-order valence-electron chi connectivity index (χ1n) is 5.69. The zero-order valence-electron chi connectivity index (χ0n) is 9.93. The highest BCUT2D eigenvalue weighted by molar-refractivity contribution is 5.39. The first-order chi connectivity index (χ1) is 7.00. The summed E-state index contributed by atoms with van der Waals surface area (Å²) in [6, 6.07) is 6.80. The van der Waals surface area contributed by atoms with Gasteiger partial charge in [-0.2, -0.15) is 0 Å². The van der Waals surface area contributed by atoms with Crippen LogP contribution in [0.15, 0.2) is 24.8 Å². The van der Waals surface area contributed by atoms with Crippen LogP contribution in [0.2, 0.25) is 0 Å². The molecule has 1 radical (unpaired) electrons. The van der Waals surface area contributed by atoms with Gasteiger partial charge in [-0.3, -0.25) is 0 Å². The maximum Gasteiger partial charge on any atom is -0.0132 e. The van der Waals surface area contributed by atoms with Gasteiger partial charge in [0.05, 0.1) is 0 Å². The van der Waals surface area contributed by atoms with E-state index in [2.05, 4.69) is 51.6 Å². The van der Waals surface area contributed by atoms with Crippen molar-refractivity contribution in [3.8, 4) is 0 Å². The molecule has 1 aliphatic rings. The number of benzene rings is 1. The van der Waals surface area contributed by atoms with Crippen molar-refractivity contribution in [3.63, 3.8) is 0 Å². The minimum atomic E-state index is 0.219. The van der Waals surface area contributed by atoms with Gasteiger partial charge >= 0.3 is 0 Å². The highest BCUT2D eigenvalue weighted by Gasteiger charge is 2.25. The third-order valence-corrected chi connectivity index (χ3v) is 3.07. The van der Waals surface area contributed by atoms with Crippen LogP contribution in [0.4, 0.5) is 0 Å². The smallest absolute Gasteiger partial charge is 0.0132 e. The summed E-state index contributed by atoms with van der Waals surface area (Å²) in [5.74, 6) is 0.805. The Morgan fingerprint density at radius 1 is 1.20 bits per heavy atom. The van der Waals surface area contributed by atoms with E-state index in [9.17, 15) is 0 Å². The summed E-state index contributed by atoms with van der Waals surface area (Å²) in [7, 11) is 0. The third kappa shape index (κ3) is 2.31. The van der Waals surface area contributed by atoms with Crippen LogP contribution in [0.1, 0.15) is 56.2 Å². The normalized spacial score (nSPS) is 16.5. The van der Waals surface area contributed by atoms with E-state index < -0.39 is 0 Å². The number of hydrogen-bond acceptors (Lipinski definition) is 0. The fourth-order valence-electron chi connectivity index (χ4n) is 1.84. The second-order valence-corrected chi connectivity index (χ2v) is 5.54. The van der Waals surface area contributed by atoms with Crippen LogP contribution in [0.25, 0.3) is 0 Å². The summed E-state index contributed by atoms with van der Waals surface area (Å²) >= 11 is 0. The van der Waals surface area contributed by atoms with E-state index in [1.54, 1.807) is 0 Å². The number of hydrogen-bond donors (Lipinski definition) is 0. The van der Waals surface area contributed by atoms with Crippen molar-refractivity contribution in [2.75, 3.05) is 0 Å². The van der Waals surface area contributed by atoms with Gasteiger partial charge in [0.25, 0.3) is 0 Å².